The van der Waals surface area contributed by atoms with Crippen LogP contribution >= 0.6 is 0 Å². The molecule has 0 amide bonds. The standard InChI is InChI=1S/C48H18F20N2/c49-17-9-13-19(14-10-17)69(47-43(65)33(55)27(34(56)44(47)66)25-29(51)37(59)41(63)38(60)30(25)52)23-7-3-1-5-21(23)22-6-2-4-8-24(22)70(20-15-11-18(50)12-16-20)48-45(67)35(57)28(36(58)46(48)68)26-31(53)39(61)42(64)40(62)32(26)54/h1,3-5,7-16H,2,6H2. The number of allylic oxidation sites excluding steroid dienone is 3. The zero-order chi connectivity index (χ0) is 50.9. The summed E-state index contributed by atoms with van der Waals surface area (Å²) >= 11 is 0. The number of rotatable bonds is 9. The number of para-hydroxylation sites is 1. The smallest absolute Gasteiger partial charge is 0.200 e. The van der Waals surface area contributed by atoms with Gasteiger partial charge in [-0.2, -0.15) is 0 Å². The third-order valence-corrected chi connectivity index (χ3v) is 10.9. The molecule has 0 bridgehead atoms. The van der Waals surface area contributed by atoms with Gasteiger partial charge in [0.25, 0.3) is 0 Å². The van der Waals surface area contributed by atoms with Crippen LogP contribution in [0.3, 0.4) is 0 Å². The van der Waals surface area contributed by atoms with Gasteiger partial charge in [0.2, 0.25) is 11.6 Å². The van der Waals surface area contributed by atoms with Gasteiger partial charge in [0.1, 0.15) is 23.0 Å². The highest BCUT2D eigenvalue weighted by atomic mass is 19.2. The Hall–Kier alpha value is -7.78. The van der Waals surface area contributed by atoms with E-state index in [-0.39, 0.29) is 18.4 Å². The van der Waals surface area contributed by atoms with Crippen molar-refractivity contribution < 1.29 is 87.8 Å². The lowest BCUT2D eigenvalue weighted by Gasteiger charge is -2.34. The first-order valence-corrected chi connectivity index (χ1v) is 19.5. The number of hydrogen-bond acceptors (Lipinski definition) is 2. The Bertz CT molecular complexity index is 3270. The lowest BCUT2D eigenvalue weighted by molar-refractivity contribution is 0.379. The van der Waals surface area contributed by atoms with Crippen molar-refractivity contribution in [3.63, 3.8) is 0 Å². The van der Waals surface area contributed by atoms with Gasteiger partial charge in [0.15, 0.2) is 93.1 Å². The summed E-state index contributed by atoms with van der Waals surface area (Å²) in [6.07, 6.45) is 1.80. The first-order chi connectivity index (χ1) is 33.1. The van der Waals surface area contributed by atoms with E-state index in [1.54, 1.807) is 0 Å². The maximum atomic E-state index is 16.6. The Balaban J connectivity index is 1.43. The van der Waals surface area contributed by atoms with E-state index in [9.17, 15) is 52.7 Å². The van der Waals surface area contributed by atoms with Crippen LogP contribution in [0.4, 0.5) is 116 Å². The molecule has 0 radical (unpaired) electrons. The number of halogens is 20. The van der Waals surface area contributed by atoms with Crippen LogP contribution in [0, 0.1) is 116 Å². The topological polar surface area (TPSA) is 6.48 Å². The van der Waals surface area contributed by atoms with Crippen molar-refractivity contribution in [2.45, 2.75) is 12.8 Å². The van der Waals surface area contributed by atoms with Crippen molar-refractivity contribution in [3.8, 4) is 22.3 Å². The zero-order valence-corrected chi connectivity index (χ0v) is 34.0. The molecule has 7 aromatic rings. The van der Waals surface area contributed by atoms with Crippen molar-refractivity contribution in [3.05, 3.63) is 213 Å². The Kier molecular flexibility index (Phi) is 12.7. The van der Waals surface area contributed by atoms with Crippen molar-refractivity contribution in [2.24, 2.45) is 0 Å². The minimum absolute atomic E-state index is 0.0869. The first kappa shape index (κ1) is 48.7. The number of benzene rings is 7. The largest absolute Gasteiger partial charge is 0.305 e. The number of anilines is 5. The van der Waals surface area contributed by atoms with Crippen LogP contribution < -0.4 is 9.80 Å². The average molecular weight is 1000 g/mol. The molecule has 70 heavy (non-hydrogen) atoms. The fraction of sp³-hybridized carbons (Fsp3) is 0.0417. The molecule has 22 heteroatoms. The molecule has 2 nitrogen and oxygen atoms in total. The minimum atomic E-state index is -2.85. The van der Waals surface area contributed by atoms with E-state index in [0.29, 0.717) is 34.1 Å². The molecule has 1 aliphatic carbocycles. The fourth-order valence-corrected chi connectivity index (χ4v) is 7.74. The van der Waals surface area contributed by atoms with E-state index in [1.807, 2.05) is 0 Å². The molecule has 0 spiro atoms. The zero-order valence-electron chi connectivity index (χ0n) is 34.0. The predicted molar refractivity (Wildman–Crippen MR) is 211 cm³/mol. The molecule has 1 aliphatic rings. The van der Waals surface area contributed by atoms with Gasteiger partial charge in [-0.3, -0.25) is 0 Å². The summed E-state index contributed by atoms with van der Waals surface area (Å²) in [5.74, 6) is -51.6. The van der Waals surface area contributed by atoms with Gasteiger partial charge in [-0.1, -0.05) is 24.3 Å². The Morgan fingerprint density at radius 2 is 0.629 bits per heavy atom. The molecule has 7 aromatic carbocycles. The van der Waals surface area contributed by atoms with Crippen LogP contribution in [0.5, 0.6) is 0 Å². The van der Waals surface area contributed by atoms with E-state index < -0.39 is 178 Å². The molecule has 0 heterocycles. The van der Waals surface area contributed by atoms with E-state index in [1.165, 1.54) is 12.1 Å². The van der Waals surface area contributed by atoms with Crippen LogP contribution in [0.15, 0.2) is 90.6 Å². The van der Waals surface area contributed by atoms with Gasteiger partial charge in [0, 0.05) is 22.6 Å². The molecule has 0 aromatic heterocycles. The molecule has 0 fully saturated rings. The second-order valence-corrected chi connectivity index (χ2v) is 14.8. The quantitative estimate of drug-likeness (QED) is 0.0808. The molecule has 0 aliphatic heterocycles. The van der Waals surface area contributed by atoms with Crippen LogP contribution in [0.25, 0.3) is 27.8 Å². The van der Waals surface area contributed by atoms with Gasteiger partial charge in [-0.25, -0.2) is 87.8 Å². The van der Waals surface area contributed by atoms with Crippen LogP contribution in [0.1, 0.15) is 18.4 Å². The fourth-order valence-electron chi connectivity index (χ4n) is 7.74. The molecule has 360 valence electrons. The molecular formula is C48H18F20N2. The summed E-state index contributed by atoms with van der Waals surface area (Å²) in [5.41, 5.74) is -16.5. The third kappa shape index (κ3) is 7.64. The van der Waals surface area contributed by atoms with Gasteiger partial charge in [-0.05, 0) is 79.1 Å². The van der Waals surface area contributed by atoms with Gasteiger partial charge >= 0.3 is 0 Å². The Labute approximate surface area is 378 Å². The van der Waals surface area contributed by atoms with Crippen molar-refractivity contribution in [1.29, 1.82) is 0 Å². The second-order valence-electron chi connectivity index (χ2n) is 14.8. The van der Waals surface area contributed by atoms with Gasteiger partial charge < -0.3 is 9.80 Å². The normalized spacial score (nSPS) is 12.6. The SMILES string of the molecule is Fc1ccc(N(C2=C(c3ccccc3N(c3ccc(F)cc3)c3c(F)c(F)c(-c4c(F)c(F)c(F)c(F)c4F)c(F)c3F)CCC=C2)c2c(F)c(F)c(-c3c(F)c(F)c(F)c(F)c3F)c(F)c2F)cc1. The molecule has 0 atom stereocenters. The molecule has 0 saturated heterocycles. The summed E-state index contributed by atoms with van der Waals surface area (Å²) in [7, 11) is 0. The van der Waals surface area contributed by atoms with E-state index in [4.69, 9.17) is 0 Å². The maximum Gasteiger partial charge on any atom is 0.200 e. The van der Waals surface area contributed by atoms with E-state index in [2.05, 4.69) is 0 Å². The van der Waals surface area contributed by atoms with Crippen molar-refractivity contribution in [1.82, 2.24) is 0 Å². The van der Waals surface area contributed by atoms with Crippen LogP contribution in [-0.4, -0.2) is 0 Å². The van der Waals surface area contributed by atoms with E-state index >= 15 is 35.1 Å². The lowest BCUT2D eigenvalue weighted by atomic mass is 9.91. The third-order valence-electron chi connectivity index (χ3n) is 10.9. The van der Waals surface area contributed by atoms with Crippen LogP contribution in [0.2, 0.25) is 0 Å². The minimum Gasteiger partial charge on any atom is -0.305 e. The molecule has 0 N–H and O–H groups in total. The predicted octanol–water partition coefficient (Wildman–Crippen LogP) is 16.2. The first-order valence-electron chi connectivity index (χ1n) is 19.5. The van der Waals surface area contributed by atoms with Crippen LogP contribution in [-0.2, 0) is 0 Å². The summed E-state index contributed by atoms with van der Waals surface area (Å²) < 4.78 is 304. The molecule has 0 unspecified atom stereocenters. The summed E-state index contributed by atoms with van der Waals surface area (Å²) in [6.45, 7) is 0. The highest BCUT2D eigenvalue weighted by molar-refractivity contribution is 5.92. The summed E-state index contributed by atoms with van der Waals surface area (Å²) in [6, 6.07) is 10.0. The lowest BCUT2D eigenvalue weighted by Crippen LogP contribution is -2.23. The highest BCUT2D eigenvalue weighted by Crippen LogP contribution is 2.50. The summed E-state index contributed by atoms with van der Waals surface area (Å²) in [5, 5.41) is 0. The average Bonchev–Trinajstić information content (AvgIpc) is 3.35. The second kappa shape index (κ2) is 18.3. The molecule has 0 saturated carbocycles. The molecule has 8 rings (SSSR count). The van der Waals surface area contributed by atoms with E-state index in [0.717, 1.165) is 48.5 Å². The van der Waals surface area contributed by atoms with Crippen molar-refractivity contribution in [2.75, 3.05) is 9.80 Å². The maximum absolute atomic E-state index is 16.6. The number of nitrogens with zero attached hydrogens (tertiary/aromatic N) is 2. The van der Waals surface area contributed by atoms with Gasteiger partial charge in [0.05, 0.1) is 27.9 Å². The summed E-state index contributed by atoms with van der Waals surface area (Å²) in [4.78, 5) is 0.653. The van der Waals surface area contributed by atoms with Gasteiger partial charge in [-0.15, -0.1) is 0 Å². The Morgan fingerprint density at radius 1 is 0.314 bits per heavy atom. The highest BCUT2D eigenvalue weighted by Gasteiger charge is 2.40. The molecular weight excluding hydrogens is 985 g/mol. The Morgan fingerprint density at radius 3 is 1.01 bits per heavy atom. The monoisotopic (exact) mass is 1000 g/mol. The van der Waals surface area contributed by atoms with Crippen molar-refractivity contribution >= 4 is 34.0 Å². The number of hydrogen-bond donors (Lipinski definition) is 0.